The second-order valence-corrected chi connectivity index (χ2v) is 8.20. The zero-order valence-electron chi connectivity index (χ0n) is 16.7. The molecule has 3 rings (SSSR count). The molecule has 0 aromatic heterocycles. The highest BCUT2D eigenvalue weighted by Gasteiger charge is 2.62. The summed E-state index contributed by atoms with van der Waals surface area (Å²) in [5.41, 5.74) is 1.22. The lowest BCUT2D eigenvalue weighted by atomic mass is 9.60. The van der Waals surface area contributed by atoms with Crippen LogP contribution in [0.3, 0.4) is 0 Å². The maximum absolute atomic E-state index is 13.2. The summed E-state index contributed by atoms with van der Waals surface area (Å²) < 4.78 is 11.0. The number of allylic oxidation sites excluding steroid dienone is 1. The molecule has 4 nitrogen and oxygen atoms in total. The van der Waals surface area contributed by atoms with Crippen LogP contribution in [0, 0.1) is 29.1 Å². The van der Waals surface area contributed by atoms with Crippen LogP contribution in [0.15, 0.2) is 42.0 Å². The molecule has 2 aliphatic rings. The van der Waals surface area contributed by atoms with Crippen LogP contribution in [0.4, 0.5) is 0 Å². The highest BCUT2D eigenvalue weighted by atomic mass is 16.5. The van der Waals surface area contributed by atoms with Gasteiger partial charge in [0.05, 0.1) is 13.7 Å². The number of hydrogen-bond donors (Lipinski definition) is 0. The average Bonchev–Trinajstić information content (AvgIpc) is 2.93. The lowest BCUT2D eigenvalue weighted by molar-refractivity contribution is -0.163. The van der Waals surface area contributed by atoms with Gasteiger partial charge in [0.1, 0.15) is 5.41 Å². The van der Waals surface area contributed by atoms with E-state index in [-0.39, 0.29) is 23.5 Å². The van der Waals surface area contributed by atoms with E-state index in [0.717, 1.165) is 12.0 Å². The number of benzene rings is 1. The van der Waals surface area contributed by atoms with E-state index in [1.807, 2.05) is 43.3 Å². The summed E-state index contributed by atoms with van der Waals surface area (Å²) in [7, 11) is 1.38. The van der Waals surface area contributed by atoms with Crippen molar-refractivity contribution >= 4 is 11.8 Å². The van der Waals surface area contributed by atoms with Crippen molar-refractivity contribution in [3.8, 4) is 0 Å². The number of esters is 1. The van der Waals surface area contributed by atoms with Gasteiger partial charge in [-0.3, -0.25) is 9.59 Å². The lowest BCUT2D eigenvalue weighted by Crippen LogP contribution is -2.51. The van der Waals surface area contributed by atoms with E-state index < -0.39 is 11.4 Å². The number of ketones is 1. The van der Waals surface area contributed by atoms with E-state index in [2.05, 4.69) is 13.8 Å². The third kappa shape index (κ3) is 3.47. The van der Waals surface area contributed by atoms with Crippen molar-refractivity contribution in [1.29, 1.82) is 0 Å². The normalized spacial score (nSPS) is 29.7. The number of rotatable bonds is 7. The molecule has 0 N–H and O–H groups in total. The number of Topliss-reactive ketones (excluding diaryl/α,β-unsaturated/α-hetero) is 1. The fourth-order valence-electron chi connectivity index (χ4n) is 4.95. The summed E-state index contributed by atoms with van der Waals surface area (Å²) in [6, 6.07) is 10.0. The van der Waals surface area contributed by atoms with Crippen molar-refractivity contribution in [2.75, 3.05) is 13.7 Å². The fourth-order valence-corrected chi connectivity index (χ4v) is 4.95. The molecule has 2 aliphatic carbocycles. The maximum atomic E-state index is 13.2. The minimum atomic E-state index is -1.13. The first-order valence-electron chi connectivity index (χ1n) is 9.88. The van der Waals surface area contributed by atoms with Crippen LogP contribution < -0.4 is 0 Å². The summed E-state index contributed by atoms with van der Waals surface area (Å²) in [5.74, 6) is -0.0310. The molecule has 1 aromatic carbocycles. The Kier molecular flexibility index (Phi) is 5.85. The Morgan fingerprint density at radius 3 is 2.59 bits per heavy atom. The van der Waals surface area contributed by atoms with E-state index in [1.165, 1.54) is 12.7 Å². The van der Waals surface area contributed by atoms with Crippen molar-refractivity contribution in [3.63, 3.8) is 0 Å². The molecule has 1 unspecified atom stereocenters. The van der Waals surface area contributed by atoms with E-state index in [1.54, 1.807) is 0 Å². The Bertz CT molecular complexity index is 721. The number of ether oxygens (including phenoxy) is 2. The van der Waals surface area contributed by atoms with E-state index in [9.17, 15) is 9.59 Å². The molecule has 146 valence electrons. The number of hydrogen-bond acceptors (Lipinski definition) is 4. The Morgan fingerprint density at radius 2 is 1.96 bits per heavy atom. The molecule has 0 saturated heterocycles. The molecule has 1 saturated carbocycles. The highest BCUT2D eigenvalue weighted by molar-refractivity contribution is 6.08. The smallest absolute Gasteiger partial charge is 0.323 e. The van der Waals surface area contributed by atoms with Crippen molar-refractivity contribution in [2.45, 2.75) is 40.2 Å². The summed E-state index contributed by atoms with van der Waals surface area (Å²) in [4.78, 5) is 26.0. The summed E-state index contributed by atoms with van der Waals surface area (Å²) in [6.45, 7) is 7.27. The molecular weight excluding hydrogens is 340 g/mol. The van der Waals surface area contributed by atoms with Gasteiger partial charge in [0.2, 0.25) is 0 Å². The van der Waals surface area contributed by atoms with E-state index in [4.69, 9.17) is 9.47 Å². The van der Waals surface area contributed by atoms with Crippen LogP contribution in [0.25, 0.3) is 0 Å². The van der Waals surface area contributed by atoms with Gasteiger partial charge in [-0.2, -0.15) is 0 Å². The molecule has 4 heteroatoms. The second kappa shape index (κ2) is 7.97. The van der Waals surface area contributed by atoms with Crippen LogP contribution in [-0.2, 0) is 25.7 Å². The third-order valence-corrected chi connectivity index (χ3v) is 6.23. The number of carbonyl (C=O) groups excluding carboxylic acids is 2. The molecule has 2 bridgehead atoms. The molecule has 27 heavy (non-hydrogen) atoms. The van der Waals surface area contributed by atoms with Gasteiger partial charge in [0, 0.05) is 12.5 Å². The molecular formula is C23H30O4. The SMILES string of the molecule is COC(=O)[C@]12C=C(C(C)C)[C@H](C[C@@H](C)C1=O)C2CCOCc1ccccc1. The van der Waals surface area contributed by atoms with Gasteiger partial charge < -0.3 is 9.47 Å². The van der Waals surface area contributed by atoms with Gasteiger partial charge in [-0.1, -0.05) is 62.8 Å². The Hall–Kier alpha value is -1.94. The largest absolute Gasteiger partial charge is 0.468 e. The fraction of sp³-hybridized carbons (Fsp3) is 0.565. The first-order valence-corrected chi connectivity index (χ1v) is 9.88. The summed E-state index contributed by atoms with van der Waals surface area (Å²) in [5, 5.41) is 0. The molecule has 0 aliphatic heterocycles. The summed E-state index contributed by atoms with van der Waals surface area (Å²) in [6.07, 6.45) is 3.44. The first-order chi connectivity index (χ1) is 12.9. The Balaban J connectivity index is 1.78. The third-order valence-electron chi connectivity index (χ3n) is 6.23. The highest BCUT2D eigenvalue weighted by Crippen LogP contribution is 2.57. The quantitative estimate of drug-likeness (QED) is 0.313. The lowest BCUT2D eigenvalue weighted by Gasteiger charge is -2.41. The van der Waals surface area contributed by atoms with Crippen LogP contribution in [0.1, 0.15) is 39.2 Å². The molecule has 0 radical (unpaired) electrons. The van der Waals surface area contributed by atoms with E-state index >= 15 is 0 Å². The average molecular weight is 370 g/mol. The molecule has 1 fully saturated rings. The van der Waals surface area contributed by atoms with Gasteiger partial charge in [-0.05, 0) is 36.2 Å². The minimum Gasteiger partial charge on any atom is -0.468 e. The Labute approximate surface area is 161 Å². The second-order valence-electron chi connectivity index (χ2n) is 8.20. The number of fused-ring (bicyclic) bond motifs is 2. The predicted molar refractivity (Wildman–Crippen MR) is 104 cm³/mol. The Morgan fingerprint density at radius 1 is 1.26 bits per heavy atom. The zero-order valence-corrected chi connectivity index (χ0v) is 16.7. The molecule has 0 spiro atoms. The van der Waals surface area contributed by atoms with Crippen molar-refractivity contribution in [2.24, 2.45) is 29.1 Å². The van der Waals surface area contributed by atoms with Crippen molar-refractivity contribution in [1.82, 2.24) is 0 Å². The van der Waals surface area contributed by atoms with Gasteiger partial charge in [0.15, 0.2) is 5.78 Å². The van der Waals surface area contributed by atoms with Crippen molar-refractivity contribution in [3.05, 3.63) is 47.5 Å². The predicted octanol–water partition coefficient (Wildman–Crippen LogP) is 4.19. The van der Waals surface area contributed by atoms with Crippen LogP contribution in [0.5, 0.6) is 0 Å². The maximum Gasteiger partial charge on any atom is 0.323 e. The first kappa shape index (κ1) is 19.8. The minimum absolute atomic E-state index is 0.00862. The molecule has 0 amide bonds. The van der Waals surface area contributed by atoms with Gasteiger partial charge in [0.25, 0.3) is 0 Å². The zero-order chi connectivity index (χ0) is 19.6. The van der Waals surface area contributed by atoms with Crippen LogP contribution in [-0.4, -0.2) is 25.5 Å². The van der Waals surface area contributed by atoms with Crippen LogP contribution >= 0.6 is 0 Å². The van der Waals surface area contributed by atoms with Gasteiger partial charge >= 0.3 is 5.97 Å². The summed E-state index contributed by atoms with van der Waals surface area (Å²) >= 11 is 0. The molecule has 0 heterocycles. The number of methoxy groups -OCH3 is 1. The van der Waals surface area contributed by atoms with Gasteiger partial charge in [-0.15, -0.1) is 0 Å². The number of carbonyl (C=O) groups is 2. The van der Waals surface area contributed by atoms with Crippen LogP contribution in [0.2, 0.25) is 0 Å². The molecule has 1 aromatic rings. The monoisotopic (exact) mass is 370 g/mol. The van der Waals surface area contributed by atoms with Gasteiger partial charge in [-0.25, -0.2) is 0 Å². The van der Waals surface area contributed by atoms with E-state index in [0.29, 0.717) is 25.6 Å². The molecule has 4 atom stereocenters. The topological polar surface area (TPSA) is 52.6 Å². The van der Waals surface area contributed by atoms with Crippen molar-refractivity contribution < 1.29 is 19.1 Å². The standard InChI is InChI=1S/C23H30O4/c1-15(2)19-13-23(22(25)26-4)20(18(19)12-16(3)21(23)24)10-11-27-14-17-8-6-5-7-9-17/h5-9,13,15-16,18,20H,10-12,14H2,1-4H3/t16-,18+,20?,23+/m1/s1.